The van der Waals surface area contributed by atoms with Gasteiger partial charge in [0.15, 0.2) is 5.82 Å². The van der Waals surface area contributed by atoms with Gasteiger partial charge in [0.05, 0.1) is 11.3 Å². The molecule has 4 aromatic rings. The average molecular weight is 624 g/mol. The maximum Gasteiger partial charge on any atom is 0.416 e. The summed E-state index contributed by atoms with van der Waals surface area (Å²) in [5, 5.41) is 15.1. The van der Waals surface area contributed by atoms with Crippen LogP contribution in [0.4, 0.5) is 23.4 Å². The molecule has 0 bridgehead atoms. The average Bonchev–Trinajstić information content (AvgIpc) is 3.28. The first-order valence-electron chi connectivity index (χ1n) is 11.8. The molecule has 0 radical (unpaired) electrons. The number of alkyl halides is 4. The summed E-state index contributed by atoms with van der Waals surface area (Å²) in [5.41, 5.74) is 6.88. The molecule has 194 valence electrons. The van der Waals surface area contributed by atoms with Crippen LogP contribution in [-0.4, -0.2) is 36.1 Å². The van der Waals surface area contributed by atoms with Crippen molar-refractivity contribution in [2.24, 2.45) is 12.8 Å². The lowest BCUT2D eigenvalue weighted by Gasteiger charge is -2.50. The highest BCUT2D eigenvalue weighted by Gasteiger charge is 2.48. The number of nitrogens with two attached hydrogens (primary N) is 1. The zero-order valence-electron chi connectivity index (χ0n) is 20.2. The van der Waals surface area contributed by atoms with Gasteiger partial charge >= 0.3 is 6.18 Å². The van der Waals surface area contributed by atoms with E-state index in [0.717, 1.165) is 22.5 Å². The van der Waals surface area contributed by atoms with Crippen LogP contribution in [0, 0.1) is 5.82 Å². The fraction of sp³-hybridized carbons (Fsp3) is 0.346. The second-order valence-electron chi connectivity index (χ2n) is 9.43. The Morgan fingerprint density at radius 1 is 1.11 bits per heavy atom. The van der Waals surface area contributed by atoms with Gasteiger partial charge in [-0.15, -0.1) is 10.2 Å². The fourth-order valence-corrected chi connectivity index (χ4v) is 6.60. The van der Waals surface area contributed by atoms with Crippen LogP contribution in [0.15, 0.2) is 54.7 Å². The number of anilines is 1. The summed E-state index contributed by atoms with van der Waals surface area (Å²) in [6.07, 6.45) is -1.95. The summed E-state index contributed by atoms with van der Waals surface area (Å²) in [5.74, 6) is -1.01. The summed E-state index contributed by atoms with van der Waals surface area (Å²) in [7, 11) is 1.82. The van der Waals surface area contributed by atoms with E-state index in [1.54, 1.807) is 17.8 Å². The van der Waals surface area contributed by atoms with Crippen molar-refractivity contribution in [3.63, 3.8) is 0 Å². The van der Waals surface area contributed by atoms with Gasteiger partial charge in [-0.1, -0.05) is 59.8 Å². The first kappa shape index (κ1) is 25.8. The minimum absolute atomic E-state index is 0.0196. The third-order valence-corrected chi connectivity index (χ3v) is 9.12. The maximum atomic E-state index is 14.0. The third kappa shape index (κ3) is 4.56. The van der Waals surface area contributed by atoms with E-state index in [4.69, 9.17) is 5.73 Å². The maximum absolute atomic E-state index is 14.0. The van der Waals surface area contributed by atoms with Crippen LogP contribution < -0.4 is 10.6 Å². The third-order valence-electron chi connectivity index (χ3n) is 7.16. The van der Waals surface area contributed by atoms with Crippen LogP contribution in [0.2, 0.25) is 0 Å². The predicted molar refractivity (Wildman–Crippen MR) is 143 cm³/mol. The van der Waals surface area contributed by atoms with Crippen molar-refractivity contribution in [3.05, 3.63) is 71.7 Å². The van der Waals surface area contributed by atoms with Crippen molar-refractivity contribution in [3.8, 4) is 11.4 Å². The molecule has 1 aliphatic heterocycles. The second kappa shape index (κ2) is 9.50. The minimum Gasteiger partial charge on any atom is -0.339 e. The smallest absolute Gasteiger partial charge is 0.339 e. The first-order valence-corrected chi connectivity index (χ1v) is 12.9. The van der Waals surface area contributed by atoms with Gasteiger partial charge in [-0.25, -0.2) is 4.39 Å². The number of hydrogen-bond donors (Lipinski definition) is 1. The SMILES string of the molecule is CC(c1ccc(F)cc1C(F)(F)F)C1(I)CC(N)CCN1c1nnc(-c2ccnn2C)c2ccccc12. The standard InChI is InChI=1S/C26H25F4IN6/c1-15(18-8-7-16(27)13-21(18)26(28,29)30)25(31)14-17(32)10-12-37(25)24-20-6-4-3-5-19(20)23(34-35-24)22-9-11-33-36(22)2/h3-9,11,13,15,17H,10,12,14,32H2,1-2H3. The summed E-state index contributed by atoms with van der Waals surface area (Å²) in [4.78, 5) is 2.02. The Kier molecular flexibility index (Phi) is 6.63. The van der Waals surface area contributed by atoms with Gasteiger partial charge in [0, 0.05) is 42.5 Å². The number of piperidine rings is 1. The van der Waals surface area contributed by atoms with Gasteiger partial charge in [-0.3, -0.25) is 4.68 Å². The van der Waals surface area contributed by atoms with Gasteiger partial charge < -0.3 is 10.6 Å². The largest absolute Gasteiger partial charge is 0.416 e. The van der Waals surface area contributed by atoms with E-state index in [2.05, 4.69) is 37.9 Å². The van der Waals surface area contributed by atoms with E-state index < -0.39 is 27.0 Å². The normalized spacial score (nSPS) is 21.4. The number of fused-ring (bicyclic) bond motifs is 1. The van der Waals surface area contributed by atoms with Crippen molar-refractivity contribution >= 4 is 39.2 Å². The number of halogens is 5. The van der Waals surface area contributed by atoms with Gasteiger partial charge in [-0.05, 0) is 36.6 Å². The van der Waals surface area contributed by atoms with Gasteiger partial charge in [0.2, 0.25) is 0 Å². The van der Waals surface area contributed by atoms with Crippen LogP contribution in [-0.2, 0) is 13.2 Å². The molecule has 0 spiro atoms. The molecule has 0 amide bonds. The molecule has 3 heterocycles. The predicted octanol–water partition coefficient (Wildman–Crippen LogP) is 6.05. The number of hydrogen-bond acceptors (Lipinski definition) is 5. The Morgan fingerprint density at radius 2 is 1.84 bits per heavy atom. The number of nitrogens with zero attached hydrogens (tertiary/aromatic N) is 5. The number of aromatic nitrogens is 4. The quantitative estimate of drug-likeness (QED) is 0.130. The lowest BCUT2D eigenvalue weighted by Crippen LogP contribution is -2.56. The molecule has 11 heteroatoms. The molecule has 0 saturated carbocycles. The molecule has 2 aromatic heterocycles. The zero-order valence-corrected chi connectivity index (χ0v) is 22.3. The molecule has 1 aliphatic rings. The minimum atomic E-state index is -4.70. The molecule has 5 rings (SSSR count). The van der Waals surface area contributed by atoms with Crippen molar-refractivity contribution in [2.45, 2.75) is 41.4 Å². The number of benzene rings is 2. The summed E-state index contributed by atoms with van der Waals surface area (Å²) < 4.78 is 56.6. The lowest BCUT2D eigenvalue weighted by molar-refractivity contribution is -0.138. The molecule has 1 fully saturated rings. The zero-order chi connectivity index (χ0) is 26.5. The topological polar surface area (TPSA) is 72.9 Å². The Balaban J connectivity index is 1.67. The fourth-order valence-electron chi connectivity index (χ4n) is 5.23. The van der Waals surface area contributed by atoms with Gasteiger partial charge in [-0.2, -0.15) is 18.3 Å². The van der Waals surface area contributed by atoms with Crippen molar-refractivity contribution in [2.75, 3.05) is 11.4 Å². The van der Waals surface area contributed by atoms with Crippen LogP contribution >= 0.6 is 22.6 Å². The Labute approximate surface area is 225 Å². The first-order chi connectivity index (χ1) is 17.5. The van der Waals surface area contributed by atoms with Crippen LogP contribution in [0.1, 0.15) is 36.8 Å². The van der Waals surface area contributed by atoms with Crippen LogP contribution in [0.25, 0.3) is 22.2 Å². The van der Waals surface area contributed by atoms with Gasteiger partial charge in [0.1, 0.15) is 15.1 Å². The summed E-state index contributed by atoms with van der Waals surface area (Å²) in [6, 6.07) is 12.2. The highest BCUT2D eigenvalue weighted by Crippen LogP contribution is 2.50. The van der Waals surface area contributed by atoms with Gasteiger partial charge in [0.25, 0.3) is 0 Å². The summed E-state index contributed by atoms with van der Waals surface area (Å²) >= 11 is 2.21. The van der Waals surface area contributed by atoms with Crippen molar-refractivity contribution < 1.29 is 17.6 Å². The molecule has 37 heavy (non-hydrogen) atoms. The van der Waals surface area contributed by atoms with Crippen molar-refractivity contribution in [1.82, 2.24) is 20.0 Å². The molecule has 3 atom stereocenters. The van der Waals surface area contributed by atoms with E-state index in [9.17, 15) is 17.6 Å². The van der Waals surface area contributed by atoms with Crippen molar-refractivity contribution in [1.29, 1.82) is 0 Å². The molecule has 6 nitrogen and oxygen atoms in total. The Bertz CT molecular complexity index is 1450. The Hall–Kier alpha value is -2.80. The number of rotatable bonds is 4. The molecular weight excluding hydrogens is 599 g/mol. The molecule has 0 aliphatic carbocycles. The second-order valence-corrected chi connectivity index (χ2v) is 11.3. The van der Waals surface area contributed by atoms with E-state index >= 15 is 0 Å². The van der Waals surface area contributed by atoms with E-state index in [-0.39, 0.29) is 11.6 Å². The lowest BCUT2D eigenvalue weighted by atomic mass is 9.82. The molecule has 3 unspecified atom stereocenters. The van der Waals surface area contributed by atoms with E-state index in [0.29, 0.717) is 37.0 Å². The molecular formula is C26H25F4IN6. The molecule has 1 saturated heterocycles. The number of aryl methyl sites for hydroxylation is 1. The molecule has 2 aromatic carbocycles. The van der Waals surface area contributed by atoms with Crippen LogP contribution in [0.3, 0.4) is 0 Å². The molecule has 2 N–H and O–H groups in total. The van der Waals surface area contributed by atoms with E-state index in [1.165, 1.54) is 6.07 Å². The van der Waals surface area contributed by atoms with Crippen LogP contribution in [0.5, 0.6) is 0 Å². The highest BCUT2D eigenvalue weighted by molar-refractivity contribution is 14.1. The Morgan fingerprint density at radius 3 is 2.51 bits per heavy atom. The van der Waals surface area contributed by atoms with E-state index in [1.807, 2.05) is 42.3 Å². The highest BCUT2D eigenvalue weighted by atomic mass is 127. The monoisotopic (exact) mass is 624 g/mol. The summed E-state index contributed by atoms with van der Waals surface area (Å²) in [6.45, 7) is 2.22.